The van der Waals surface area contributed by atoms with Crippen molar-refractivity contribution < 1.29 is 9.72 Å². The minimum atomic E-state index is -0.955. The average molecular weight is 414 g/mol. The number of hydrazone groups is 1. The predicted molar refractivity (Wildman–Crippen MR) is 101 cm³/mol. The topological polar surface area (TPSA) is 75.8 Å². The van der Waals surface area contributed by atoms with Crippen LogP contribution in [0.3, 0.4) is 0 Å². The minimum Gasteiger partial charge on any atom is -0.298 e. The van der Waals surface area contributed by atoms with Gasteiger partial charge in [0.15, 0.2) is 5.78 Å². The van der Waals surface area contributed by atoms with E-state index in [-0.39, 0.29) is 10.7 Å². The van der Waals surface area contributed by atoms with Crippen LogP contribution in [-0.2, 0) is 4.79 Å². The van der Waals surface area contributed by atoms with Crippen molar-refractivity contribution in [2.75, 3.05) is 0 Å². The summed E-state index contributed by atoms with van der Waals surface area (Å²) in [4.78, 5) is 24.3. The van der Waals surface area contributed by atoms with Gasteiger partial charge >= 0.3 is 0 Å². The molecule has 0 N–H and O–H groups in total. The maximum absolute atomic E-state index is 12.5. The van der Waals surface area contributed by atoms with Gasteiger partial charge in [-0.05, 0) is 30.2 Å². The lowest BCUT2D eigenvalue weighted by atomic mass is 9.84. The number of nitrogens with zero attached hydrogens (tertiary/aromatic N) is 3. The lowest BCUT2D eigenvalue weighted by molar-refractivity contribution is -0.529. The van der Waals surface area contributed by atoms with E-state index < -0.39 is 24.0 Å². The van der Waals surface area contributed by atoms with Crippen molar-refractivity contribution in [2.24, 2.45) is 5.10 Å². The highest BCUT2D eigenvalue weighted by molar-refractivity contribution is 9.10. The Morgan fingerprint density at radius 2 is 1.88 bits per heavy atom. The quantitative estimate of drug-likeness (QED) is 0.569. The van der Waals surface area contributed by atoms with E-state index in [1.165, 1.54) is 6.92 Å². The van der Waals surface area contributed by atoms with Crippen molar-refractivity contribution in [1.29, 1.82) is 0 Å². The smallest absolute Gasteiger partial charge is 0.248 e. The van der Waals surface area contributed by atoms with E-state index in [2.05, 4.69) is 21.0 Å². The standard InChI is InChI=1S/C19H16BrN3O3/c1-11(24)17-16(12-6-8-14(20)9-7-12)19(23(25)26)18-15-5-3-2-4-13(15)10-21-22(17)18/h2-10,16-19H,1H3/t16-,17-,18-,19-/m1/s1. The number of Topliss-reactive ketones (excluding diaryl/α,β-unsaturated/α-hetero) is 1. The van der Waals surface area contributed by atoms with Crippen molar-refractivity contribution >= 4 is 27.9 Å². The molecular weight excluding hydrogens is 398 g/mol. The van der Waals surface area contributed by atoms with Crippen LogP contribution in [-0.4, -0.2) is 34.0 Å². The maximum Gasteiger partial charge on any atom is 0.248 e. The van der Waals surface area contributed by atoms with E-state index in [9.17, 15) is 14.9 Å². The minimum absolute atomic E-state index is 0.121. The van der Waals surface area contributed by atoms with Crippen LogP contribution in [0.1, 0.15) is 35.6 Å². The number of carbonyl (C=O) groups excluding carboxylic acids is 1. The normalized spacial score (nSPS) is 26.3. The van der Waals surface area contributed by atoms with Crippen LogP contribution in [0.4, 0.5) is 0 Å². The van der Waals surface area contributed by atoms with Gasteiger partial charge in [-0.15, -0.1) is 0 Å². The monoisotopic (exact) mass is 413 g/mol. The number of rotatable bonds is 3. The van der Waals surface area contributed by atoms with Gasteiger partial charge in [0.1, 0.15) is 12.1 Å². The Labute approximate surface area is 158 Å². The molecular formula is C19H16BrN3O3. The second-order valence-corrected chi connectivity index (χ2v) is 7.52. The summed E-state index contributed by atoms with van der Waals surface area (Å²) in [5, 5.41) is 18.2. The zero-order chi connectivity index (χ0) is 18.4. The fourth-order valence-electron chi connectivity index (χ4n) is 4.12. The summed E-state index contributed by atoms with van der Waals surface area (Å²) in [6.07, 6.45) is 1.68. The molecule has 0 amide bonds. The second-order valence-electron chi connectivity index (χ2n) is 6.61. The molecule has 0 saturated carbocycles. The van der Waals surface area contributed by atoms with Gasteiger partial charge in [0.2, 0.25) is 6.04 Å². The van der Waals surface area contributed by atoms with Crippen LogP contribution in [0.15, 0.2) is 58.1 Å². The summed E-state index contributed by atoms with van der Waals surface area (Å²) in [5.41, 5.74) is 2.48. The van der Waals surface area contributed by atoms with Crippen LogP contribution in [0.2, 0.25) is 0 Å². The molecule has 6 nitrogen and oxygen atoms in total. The molecule has 2 aliphatic heterocycles. The fourth-order valence-corrected chi connectivity index (χ4v) is 4.39. The number of fused-ring (bicyclic) bond motifs is 3. The molecule has 0 radical (unpaired) electrons. The lowest BCUT2D eigenvalue weighted by Gasteiger charge is -2.30. The number of ketones is 1. The number of carbonyl (C=O) groups is 1. The van der Waals surface area contributed by atoms with E-state index in [1.807, 2.05) is 48.5 Å². The Morgan fingerprint density at radius 3 is 2.54 bits per heavy atom. The lowest BCUT2D eigenvalue weighted by Crippen LogP contribution is -2.36. The van der Waals surface area contributed by atoms with Gasteiger partial charge in [0.05, 0.1) is 12.1 Å². The molecule has 7 heteroatoms. The third-order valence-corrected chi connectivity index (χ3v) is 5.69. The summed E-state index contributed by atoms with van der Waals surface area (Å²) in [5.74, 6) is -0.687. The Balaban J connectivity index is 1.91. The highest BCUT2D eigenvalue weighted by atomic mass is 79.9. The van der Waals surface area contributed by atoms with Crippen molar-refractivity contribution in [3.63, 3.8) is 0 Å². The largest absolute Gasteiger partial charge is 0.298 e. The zero-order valence-electron chi connectivity index (χ0n) is 13.9. The third kappa shape index (κ3) is 2.54. The molecule has 0 aromatic heterocycles. The van der Waals surface area contributed by atoms with Crippen LogP contribution in [0, 0.1) is 10.1 Å². The average Bonchev–Trinajstić information content (AvgIpc) is 2.98. The molecule has 2 aliphatic rings. The van der Waals surface area contributed by atoms with E-state index in [0.717, 1.165) is 21.2 Å². The number of halogens is 1. The third-order valence-electron chi connectivity index (χ3n) is 5.16. The summed E-state index contributed by atoms with van der Waals surface area (Å²) < 4.78 is 0.886. The highest BCUT2D eigenvalue weighted by Crippen LogP contribution is 2.49. The van der Waals surface area contributed by atoms with E-state index >= 15 is 0 Å². The Kier molecular flexibility index (Phi) is 4.11. The van der Waals surface area contributed by atoms with Crippen LogP contribution in [0.25, 0.3) is 0 Å². The van der Waals surface area contributed by atoms with Gasteiger partial charge in [-0.25, -0.2) is 0 Å². The molecule has 1 fully saturated rings. The van der Waals surface area contributed by atoms with Crippen LogP contribution < -0.4 is 0 Å². The van der Waals surface area contributed by atoms with E-state index in [1.54, 1.807) is 11.2 Å². The predicted octanol–water partition coefficient (Wildman–Crippen LogP) is 3.54. The molecule has 0 aliphatic carbocycles. The summed E-state index contributed by atoms with van der Waals surface area (Å²) in [7, 11) is 0. The van der Waals surface area contributed by atoms with Crippen molar-refractivity contribution in [3.05, 3.63) is 79.8 Å². The number of hydrogen-bond donors (Lipinski definition) is 0. The first-order valence-corrected chi connectivity index (χ1v) is 9.09. The number of nitro groups is 1. The number of benzene rings is 2. The molecule has 0 spiro atoms. The molecule has 132 valence electrons. The summed E-state index contributed by atoms with van der Waals surface area (Å²) >= 11 is 3.39. The molecule has 0 bridgehead atoms. The first kappa shape index (κ1) is 16.9. The Hall–Kier alpha value is -2.54. The molecule has 2 aromatic rings. The first-order chi connectivity index (χ1) is 12.5. The molecule has 1 saturated heterocycles. The molecule has 26 heavy (non-hydrogen) atoms. The van der Waals surface area contributed by atoms with Gasteiger partial charge in [-0.3, -0.25) is 19.9 Å². The van der Waals surface area contributed by atoms with Crippen molar-refractivity contribution in [1.82, 2.24) is 5.01 Å². The van der Waals surface area contributed by atoms with Gasteiger partial charge < -0.3 is 0 Å². The zero-order valence-corrected chi connectivity index (χ0v) is 15.5. The van der Waals surface area contributed by atoms with E-state index in [4.69, 9.17) is 0 Å². The number of hydrogen-bond acceptors (Lipinski definition) is 5. The van der Waals surface area contributed by atoms with Gasteiger partial charge in [0.25, 0.3) is 0 Å². The molecule has 2 aromatic carbocycles. The second kappa shape index (κ2) is 6.32. The van der Waals surface area contributed by atoms with Crippen LogP contribution in [0.5, 0.6) is 0 Å². The van der Waals surface area contributed by atoms with Gasteiger partial charge in [-0.2, -0.15) is 5.10 Å². The van der Waals surface area contributed by atoms with Gasteiger partial charge in [-0.1, -0.05) is 52.3 Å². The molecule has 4 atom stereocenters. The highest BCUT2D eigenvalue weighted by Gasteiger charge is 2.59. The Morgan fingerprint density at radius 1 is 1.19 bits per heavy atom. The van der Waals surface area contributed by atoms with Crippen molar-refractivity contribution in [3.8, 4) is 0 Å². The van der Waals surface area contributed by atoms with Crippen LogP contribution >= 0.6 is 15.9 Å². The molecule has 0 unspecified atom stereocenters. The first-order valence-electron chi connectivity index (χ1n) is 8.29. The summed E-state index contributed by atoms with van der Waals surface area (Å²) in [6.45, 7) is 1.48. The van der Waals surface area contributed by atoms with Crippen molar-refractivity contribution in [2.45, 2.75) is 31.0 Å². The Bertz CT molecular complexity index is 913. The van der Waals surface area contributed by atoms with Gasteiger partial charge in [0, 0.05) is 15.0 Å². The molecule has 4 rings (SSSR count). The molecule has 2 heterocycles. The summed E-state index contributed by atoms with van der Waals surface area (Å²) in [6, 6.07) is 12.7. The maximum atomic E-state index is 12.5. The van der Waals surface area contributed by atoms with E-state index in [0.29, 0.717) is 0 Å². The SMILES string of the molecule is CC(=O)[C@@H]1[C@@H](c2ccc(Br)cc2)[C@@H]([N+](=O)[O-])[C@H]2c3ccccc3C=NN12. The fraction of sp³-hybridized carbons (Fsp3) is 0.263.